The molecule has 10 heteroatoms. The number of benzene rings is 2. The molecule has 0 unspecified atom stereocenters. The molecule has 0 aliphatic heterocycles. The summed E-state index contributed by atoms with van der Waals surface area (Å²) in [6, 6.07) is 12.8. The van der Waals surface area contributed by atoms with Gasteiger partial charge in [-0.15, -0.1) is 0 Å². The fourth-order valence-corrected chi connectivity index (χ4v) is 4.07. The van der Waals surface area contributed by atoms with Crippen LogP contribution in [0, 0.1) is 5.82 Å². The van der Waals surface area contributed by atoms with Crippen LogP contribution in [-0.2, 0) is 15.6 Å². The van der Waals surface area contributed by atoms with Gasteiger partial charge in [0.05, 0.1) is 22.6 Å². The van der Waals surface area contributed by atoms with Crippen LogP contribution in [0.2, 0.25) is 5.02 Å². The molecule has 32 heavy (non-hydrogen) atoms. The summed E-state index contributed by atoms with van der Waals surface area (Å²) in [4.78, 5) is 16.8. The monoisotopic (exact) mass is 477 g/mol. The summed E-state index contributed by atoms with van der Waals surface area (Å²) in [6.07, 6.45) is 2.33. The molecule has 0 bridgehead atoms. The van der Waals surface area contributed by atoms with Crippen LogP contribution in [0.1, 0.15) is 29.8 Å². The van der Waals surface area contributed by atoms with Crippen molar-refractivity contribution in [3.63, 3.8) is 0 Å². The lowest BCUT2D eigenvalue weighted by atomic mass is 9.98. The van der Waals surface area contributed by atoms with Crippen LogP contribution in [0.3, 0.4) is 0 Å². The minimum absolute atomic E-state index is 0.00768. The lowest BCUT2D eigenvalue weighted by Gasteiger charge is -2.23. The molecule has 0 aliphatic rings. The number of sulfonamides is 1. The van der Waals surface area contributed by atoms with Gasteiger partial charge in [0.1, 0.15) is 11.6 Å². The van der Waals surface area contributed by atoms with Crippen molar-refractivity contribution in [3.05, 3.63) is 82.8 Å². The van der Waals surface area contributed by atoms with Crippen molar-refractivity contribution in [2.75, 3.05) is 15.9 Å². The molecule has 0 fully saturated rings. The van der Waals surface area contributed by atoms with E-state index in [1.165, 1.54) is 30.5 Å². The first-order chi connectivity index (χ1) is 14.9. The zero-order valence-corrected chi connectivity index (χ0v) is 19.1. The largest absolute Gasteiger partial charge is 0.386 e. The molecule has 3 rings (SSSR count). The van der Waals surface area contributed by atoms with Gasteiger partial charge in [-0.3, -0.25) is 4.79 Å². The Morgan fingerprint density at radius 1 is 1.12 bits per heavy atom. The van der Waals surface area contributed by atoms with Crippen molar-refractivity contribution in [1.82, 2.24) is 4.98 Å². The van der Waals surface area contributed by atoms with Gasteiger partial charge in [0.25, 0.3) is 5.91 Å². The van der Waals surface area contributed by atoms with Gasteiger partial charge in [-0.05, 0) is 61.9 Å². The van der Waals surface area contributed by atoms with Gasteiger partial charge in [-0.1, -0.05) is 23.7 Å². The number of aromatic nitrogens is 1. The fourth-order valence-electron chi connectivity index (χ4n) is 2.95. The number of nitrogens with one attached hydrogen (secondary N) is 1. The van der Waals surface area contributed by atoms with E-state index in [0.29, 0.717) is 5.56 Å². The van der Waals surface area contributed by atoms with E-state index in [1.54, 1.807) is 38.1 Å². The van der Waals surface area contributed by atoms with Crippen molar-refractivity contribution in [2.24, 2.45) is 0 Å². The molecule has 2 N–H and O–H groups in total. The van der Waals surface area contributed by atoms with Crippen LogP contribution >= 0.6 is 11.6 Å². The summed E-state index contributed by atoms with van der Waals surface area (Å²) < 4.78 is 39.4. The molecule has 0 saturated heterocycles. The van der Waals surface area contributed by atoms with Crippen LogP contribution in [0.25, 0.3) is 0 Å². The third kappa shape index (κ3) is 5.42. The molecule has 168 valence electrons. The smallest absolute Gasteiger partial charge is 0.255 e. The topological polar surface area (TPSA) is 99.6 Å². The van der Waals surface area contributed by atoms with Gasteiger partial charge in [0, 0.05) is 17.4 Å². The first kappa shape index (κ1) is 23.6. The Balaban J connectivity index is 1.95. The van der Waals surface area contributed by atoms with Gasteiger partial charge < -0.3 is 10.4 Å². The van der Waals surface area contributed by atoms with Gasteiger partial charge >= 0.3 is 0 Å². The van der Waals surface area contributed by atoms with E-state index in [2.05, 4.69) is 10.3 Å². The Kier molecular flexibility index (Phi) is 6.54. The standard InChI is InChI=1S/C22H21ClFN3O4S/c1-22(2,29)15-4-7-17(8-5-15)27(32(3,30)31)20-12-14(10-11-25-20)21(28)26-16-6-9-19(24)18(23)13-16/h4-13,29H,1-3H3,(H,26,28). The molecule has 2 aromatic carbocycles. The number of halogens is 2. The third-order valence-corrected chi connectivity index (χ3v) is 5.88. The number of hydrogen-bond donors (Lipinski definition) is 2. The van der Waals surface area contributed by atoms with Crippen LogP contribution in [0.4, 0.5) is 21.6 Å². The average molecular weight is 478 g/mol. The maximum Gasteiger partial charge on any atom is 0.255 e. The fraction of sp³-hybridized carbons (Fsp3) is 0.182. The third-order valence-electron chi connectivity index (χ3n) is 4.53. The van der Waals surface area contributed by atoms with E-state index in [4.69, 9.17) is 11.6 Å². The first-order valence-electron chi connectivity index (χ1n) is 9.42. The van der Waals surface area contributed by atoms with E-state index < -0.39 is 27.3 Å². The number of aliphatic hydroxyl groups is 1. The summed E-state index contributed by atoms with van der Waals surface area (Å²) in [5, 5.41) is 12.6. The molecule has 0 radical (unpaired) electrons. The molecule has 0 saturated carbocycles. The highest BCUT2D eigenvalue weighted by atomic mass is 35.5. The Labute approximate surface area is 190 Å². The summed E-state index contributed by atoms with van der Waals surface area (Å²) in [6.45, 7) is 3.24. The van der Waals surface area contributed by atoms with Crippen LogP contribution in [0.15, 0.2) is 60.8 Å². The van der Waals surface area contributed by atoms with Crippen molar-refractivity contribution in [2.45, 2.75) is 19.4 Å². The molecule has 0 atom stereocenters. The Bertz CT molecular complexity index is 1260. The van der Waals surface area contributed by atoms with Gasteiger partial charge in [-0.2, -0.15) is 0 Å². The quantitative estimate of drug-likeness (QED) is 0.546. The summed E-state index contributed by atoms with van der Waals surface area (Å²) in [7, 11) is -3.81. The van der Waals surface area contributed by atoms with Gasteiger partial charge in [0.15, 0.2) is 0 Å². The van der Waals surface area contributed by atoms with Crippen molar-refractivity contribution < 1.29 is 22.7 Å². The van der Waals surface area contributed by atoms with E-state index >= 15 is 0 Å². The van der Waals surface area contributed by atoms with E-state index in [9.17, 15) is 22.7 Å². The Morgan fingerprint density at radius 2 is 1.78 bits per heavy atom. The molecule has 0 spiro atoms. The maximum absolute atomic E-state index is 13.3. The van der Waals surface area contributed by atoms with E-state index in [0.717, 1.165) is 16.6 Å². The van der Waals surface area contributed by atoms with Crippen LogP contribution < -0.4 is 9.62 Å². The Hall–Kier alpha value is -3.01. The predicted molar refractivity (Wildman–Crippen MR) is 122 cm³/mol. The molecule has 7 nitrogen and oxygen atoms in total. The van der Waals surface area contributed by atoms with Crippen molar-refractivity contribution in [1.29, 1.82) is 0 Å². The maximum atomic E-state index is 13.3. The van der Waals surface area contributed by atoms with Crippen LogP contribution in [0.5, 0.6) is 0 Å². The van der Waals surface area contributed by atoms with Gasteiger partial charge in [-0.25, -0.2) is 22.1 Å². The minimum Gasteiger partial charge on any atom is -0.386 e. The summed E-state index contributed by atoms with van der Waals surface area (Å²) in [5.74, 6) is -1.16. The average Bonchev–Trinajstić information content (AvgIpc) is 2.70. The number of amides is 1. The second-order valence-electron chi connectivity index (χ2n) is 7.62. The molecule has 1 aromatic heterocycles. The molecular formula is C22H21ClFN3O4S. The van der Waals surface area contributed by atoms with Crippen molar-refractivity contribution in [3.8, 4) is 0 Å². The number of carbonyl (C=O) groups is 1. The first-order valence-corrected chi connectivity index (χ1v) is 11.6. The zero-order chi connectivity index (χ0) is 23.7. The number of rotatable bonds is 6. The normalized spacial score (nSPS) is 11.8. The Morgan fingerprint density at radius 3 is 2.34 bits per heavy atom. The number of carbonyl (C=O) groups excluding carboxylic acids is 1. The number of pyridine rings is 1. The predicted octanol–water partition coefficient (Wildman–Crippen LogP) is 4.45. The number of anilines is 3. The minimum atomic E-state index is -3.81. The summed E-state index contributed by atoms with van der Waals surface area (Å²) >= 11 is 5.74. The SMILES string of the molecule is CC(C)(O)c1ccc(N(c2cc(C(=O)Nc3ccc(F)c(Cl)c3)ccn2)S(C)(=O)=O)cc1. The highest BCUT2D eigenvalue weighted by molar-refractivity contribution is 7.92. The van der Waals surface area contributed by atoms with Crippen LogP contribution in [-0.4, -0.2) is 30.7 Å². The van der Waals surface area contributed by atoms with Crippen molar-refractivity contribution >= 4 is 44.7 Å². The molecular weight excluding hydrogens is 457 g/mol. The molecule has 0 aliphatic carbocycles. The van der Waals surface area contributed by atoms with Gasteiger partial charge in [0.2, 0.25) is 10.0 Å². The number of hydrogen-bond acceptors (Lipinski definition) is 5. The molecule has 3 aromatic rings. The number of nitrogens with zero attached hydrogens (tertiary/aromatic N) is 2. The zero-order valence-electron chi connectivity index (χ0n) is 17.5. The molecule has 1 heterocycles. The second-order valence-corrected chi connectivity index (χ2v) is 9.86. The van der Waals surface area contributed by atoms with E-state index in [1.807, 2.05) is 0 Å². The molecule has 1 amide bonds. The van der Waals surface area contributed by atoms with E-state index in [-0.39, 0.29) is 27.8 Å². The lowest BCUT2D eigenvalue weighted by Crippen LogP contribution is -2.26. The highest BCUT2D eigenvalue weighted by Crippen LogP contribution is 2.30. The highest BCUT2D eigenvalue weighted by Gasteiger charge is 2.23. The second kappa shape index (κ2) is 8.85. The summed E-state index contributed by atoms with van der Waals surface area (Å²) in [5.41, 5.74) is 0.220. The lowest BCUT2D eigenvalue weighted by molar-refractivity contribution is 0.0786.